The van der Waals surface area contributed by atoms with Crippen LogP contribution in [0.1, 0.15) is 5.56 Å². The highest BCUT2D eigenvalue weighted by molar-refractivity contribution is 5.85. The number of rotatable bonds is 5. The number of amides is 1. The number of carbonyl (C=O) groups excluding carboxylic acids is 1. The molecule has 0 aromatic heterocycles. The van der Waals surface area contributed by atoms with Crippen molar-refractivity contribution in [3.8, 4) is 11.5 Å². The molecule has 0 bridgehead atoms. The lowest BCUT2D eigenvalue weighted by atomic mass is 10.2. The lowest BCUT2D eigenvalue weighted by Crippen LogP contribution is -2.24. The van der Waals surface area contributed by atoms with Crippen LogP contribution in [0.5, 0.6) is 11.5 Å². The van der Waals surface area contributed by atoms with Gasteiger partial charge in [0, 0.05) is 11.6 Å². The molecule has 21 heavy (non-hydrogen) atoms. The number of hydrogen-bond donors (Lipinski definition) is 2. The Bertz CT molecular complexity index is 659. The van der Waals surface area contributed by atoms with Gasteiger partial charge in [0.1, 0.15) is 17.3 Å². The fraction of sp³-hybridized carbons (Fsp3) is 0.0667. The number of phenols is 1. The Morgan fingerprint density at radius 1 is 1.29 bits per heavy atom. The number of carbonyl (C=O) groups is 1. The number of nitrogens with zero attached hydrogens (tertiary/aromatic N) is 1. The average molecular weight is 288 g/mol. The van der Waals surface area contributed by atoms with Gasteiger partial charge in [-0.2, -0.15) is 5.10 Å². The van der Waals surface area contributed by atoms with Gasteiger partial charge in [-0.25, -0.2) is 9.82 Å². The van der Waals surface area contributed by atoms with Gasteiger partial charge in [0.25, 0.3) is 5.91 Å². The SMILES string of the molecule is O=C(COc1cccc(F)c1)N/N=C/c1ccccc1O. The van der Waals surface area contributed by atoms with E-state index in [0.29, 0.717) is 5.56 Å². The van der Waals surface area contributed by atoms with E-state index < -0.39 is 11.7 Å². The van der Waals surface area contributed by atoms with Crippen LogP contribution < -0.4 is 10.2 Å². The van der Waals surface area contributed by atoms with Crippen LogP contribution in [0.3, 0.4) is 0 Å². The van der Waals surface area contributed by atoms with E-state index >= 15 is 0 Å². The first kappa shape index (κ1) is 14.5. The molecule has 0 atom stereocenters. The van der Waals surface area contributed by atoms with Gasteiger partial charge in [-0.3, -0.25) is 4.79 Å². The van der Waals surface area contributed by atoms with Crippen LogP contribution in [-0.2, 0) is 4.79 Å². The largest absolute Gasteiger partial charge is 0.507 e. The zero-order valence-corrected chi connectivity index (χ0v) is 11.0. The summed E-state index contributed by atoms with van der Waals surface area (Å²) in [5.74, 6) is -0.613. The number of phenolic OH excluding ortho intramolecular Hbond substituents is 1. The van der Waals surface area contributed by atoms with E-state index in [1.807, 2.05) is 0 Å². The van der Waals surface area contributed by atoms with Crippen molar-refractivity contribution in [2.45, 2.75) is 0 Å². The number of ether oxygens (including phenoxy) is 1. The zero-order valence-electron chi connectivity index (χ0n) is 11.0. The third-order valence-electron chi connectivity index (χ3n) is 2.50. The minimum Gasteiger partial charge on any atom is -0.507 e. The number of hydrazone groups is 1. The Kier molecular flexibility index (Phi) is 4.87. The first-order chi connectivity index (χ1) is 10.1. The molecule has 0 aliphatic heterocycles. The molecule has 0 saturated carbocycles. The Morgan fingerprint density at radius 3 is 2.86 bits per heavy atom. The fourth-order valence-electron chi connectivity index (χ4n) is 1.51. The maximum absolute atomic E-state index is 12.9. The van der Waals surface area contributed by atoms with Crippen LogP contribution in [0, 0.1) is 5.82 Å². The summed E-state index contributed by atoms with van der Waals surface area (Å²) in [6.07, 6.45) is 1.31. The van der Waals surface area contributed by atoms with Crippen molar-refractivity contribution < 1.29 is 19.0 Å². The third kappa shape index (κ3) is 4.61. The Labute approximate surface area is 120 Å². The molecule has 0 spiro atoms. The van der Waals surface area contributed by atoms with Gasteiger partial charge in [0.2, 0.25) is 0 Å². The van der Waals surface area contributed by atoms with Crippen LogP contribution >= 0.6 is 0 Å². The molecule has 6 heteroatoms. The molecular formula is C15H13FN2O3. The van der Waals surface area contributed by atoms with Crippen molar-refractivity contribution in [2.24, 2.45) is 5.10 Å². The van der Waals surface area contributed by atoms with Crippen LogP contribution in [0.4, 0.5) is 4.39 Å². The molecular weight excluding hydrogens is 275 g/mol. The quantitative estimate of drug-likeness (QED) is 0.653. The normalized spacial score (nSPS) is 10.5. The van der Waals surface area contributed by atoms with Crippen molar-refractivity contribution in [3.05, 3.63) is 59.9 Å². The van der Waals surface area contributed by atoms with Gasteiger partial charge in [0.05, 0.1) is 6.21 Å². The number of benzene rings is 2. The van der Waals surface area contributed by atoms with Gasteiger partial charge in [-0.05, 0) is 24.3 Å². The first-order valence-corrected chi connectivity index (χ1v) is 6.13. The predicted octanol–water partition coefficient (Wildman–Crippen LogP) is 2.06. The highest BCUT2D eigenvalue weighted by Crippen LogP contribution is 2.12. The second kappa shape index (κ2) is 7.04. The minimum absolute atomic E-state index is 0.0616. The molecule has 0 saturated heterocycles. The summed E-state index contributed by atoms with van der Waals surface area (Å²) in [6.45, 7) is -0.290. The molecule has 2 rings (SSSR count). The van der Waals surface area contributed by atoms with Gasteiger partial charge in [-0.15, -0.1) is 0 Å². The van der Waals surface area contributed by atoms with Gasteiger partial charge >= 0.3 is 0 Å². The van der Waals surface area contributed by atoms with Gasteiger partial charge in [-0.1, -0.05) is 18.2 Å². The summed E-state index contributed by atoms with van der Waals surface area (Å²) < 4.78 is 18.0. The van der Waals surface area contributed by atoms with Crippen molar-refractivity contribution in [1.82, 2.24) is 5.43 Å². The highest BCUT2D eigenvalue weighted by atomic mass is 19.1. The van der Waals surface area contributed by atoms with Crippen LogP contribution in [-0.4, -0.2) is 23.8 Å². The Hall–Kier alpha value is -2.89. The summed E-state index contributed by atoms with van der Waals surface area (Å²) >= 11 is 0. The molecule has 0 aliphatic carbocycles. The number of nitrogens with one attached hydrogen (secondary N) is 1. The van der Waals surface area contributed by atoms with Gasteiger partial charge in [0.15, 0.2) is 6.61 Å². The number of halogens is 1. The average Bonchev–Trinajstić information content (AvgIpc) is 2.47. The highest BCUT2D eigenvalue weighted by Gasteiger charge is 2.02. The maximum atomic E-state index is 12.9. The third-order valence-corrected chi connectivity index (χ3v) is 2.50. The lowest BCUT2D eigenvalue weighted by Gasteiger charge is -2.04. The van der Waals surface area contributed by atoms with Crippen molar-refractivity contribution in [3.63, 3.8) is 0 Å². The summed E-state index contributed by atoms with van der Waals surface area (Å²) in [4.78, 5) is 11.5. The summed E-state index contributed by atoms with van der Waals surface area (Å²) in [7, 11) is 0. The van der Waals surface area contributed by atoms with Crippen molar-refractivity contribution >= 4 is 12.1 Å². The second-order valence-corrected chi connectivity index (χ2v) is 4.10. The van der Waals surface area contributed by atoms with Gasteiger partial charge < -0.3 is 9.84 Å². The molecule has 0 unspecified atom stereocenters. The summed E-state index contributed by atoms with van der Waals surface area (Å²) in [5.41, 5.74) is 2.72. The molecule has 2 aromatic rings. The molecule has 2 aromatic carbocycles. The molecule has 0 aliphatic rings. The molecule has 0 heterocycles. The minimum atomic E-state index is -0.495. The van der Waals surface area contributed by atoms with Crippen molar-refractivity contribution in [1.29, 1.82) is 0 Å². The van der Waals surface area contributed by atoms with E-state index in [1.165, 1.54) is 30.5 Å². The molecule has 1 amide bonds. The fourth-order valence-corrected chi connectivity index (χ4v) is 1.51. The number of aromatic hydroxyl groups is 1. The topological polar surface area (TPSA) is 70.9 Å². The molecule has 2 N–H and O–H groups in total. The lowest BCUT2D eigenvalue weighted by molar-refractivity contribution is -0.123. The number of para-hydroxylation sites is 1. The zero-order chi connectivity index (χ0) is 15.1. The standard InChI is InChI=1S/C15H13FN2O3/c16-12-5-3-6-13(8-12)21-10-15(20)18-17-9-11-4-1-2-7-14(11)19/h1-9,19H,10H2,(H,18,20)/b17-9+. The van der Waals surface area contributed by atoms with E-state index in [1.54, 1.807) is 24.3 Å². The monoisotopic (exact) mass is 288 g/mol. The second-order valence-electron chi connectivity index (χ2n) is 4.10. The molecule has 108 valence electrons. The molecule has 5 nitrogen and oxygen atoms in total. The van der Waals surface area contributed by atoms with E-state index in [2.05, 4.69) is 10.5 Å². The van der Waals surface area contributed by atoms with E-state index in [-0.39, 0.29) is 18.1 Å². The van der Waals surface area contributed by atoms with E-state index in [4.69, 9.17) is 4.74 Å². The van der Waals surface area contributed by atoms with E-state index in [9.17, 15) is 14.3 Å². The summed E-state index contributed by atoms with van der Waals surface area (Å²) in [5, 5.41) is 13.2. The summed E-state index contributed by atoms with van der Waals surface area (Å²) in [6, 6.07) is 12.1. The first-order valence-electron chi connectivity index (χ1n) is 6.13. The van der Waals surface area contributed by atoms with Crippen LogP contribution in [0.2, 0.25) is 0 Å². The van der Waals surface area contributed by atoms with Crippen molar-refractivity contribution in [2.75, 3.05) is 6.61 Å². The Balaban J connectivity index is 1.81. The number of hydrogen-bond acceptors (Lipinski definition) is 4. The predicted molar refractivity (Wildman–Crippen MR) is 75.7 cm³/mol. The molecule has 0 fully saturated rings. The smallest absolute Gasteiger partial charge is 0.277 e. The van der Waals surface area contributed by atoms with Crippen LogP contribution in [0.25, 0.3) is 0 Å². The van der Waals surface area contributed by atoms with E-state index in [0.717, 1.165) is 0 Å². The maximum Gasteiger partial charge on any atom is 0.277 e. The van der Waals surface area contributed by atoms with Crippen LogP contribution in [0.15, 0.2) is 53.6 Å². The Morgan fingerprint density at radius 2 is 2.10 bits per heavy atom. The molecule has 0 radical (unpaired) electrons.